The Morgan fingerprint density at radius 2 is 2.00 bits per heavy atom. The van der Waals surface area contributed by atoms with Gasteiger partial charge in [0.15, 0.2) is 0 Å². The highest BCUT2D eigenvalue weighted by atomic mass is 19.1. The van der Waals surface area contributed by atoms with Crippen molar-refractivity contribution in [2.24, 2.45) is 0 Å². The number of carbonyl (C=O) groups excluding carboxylic acids is 1. The molecule has 4 nitrogen and oxygen atoms in total. The van der Waals surface area contributed by atoms with Crippen molar-refractivity contribution in [3.05, 3.63) is 11.4 Å². The third kappa shape index (κ3) is 3.14. The molecule has 0 rings (SSSR count). The van der Waals surface area contributed by atoms with E-state index in [2.05, 4.69) is 4.74 Å². The summed E-state index contributed by atoms with van der Waals surface area (Å²) >= 11 is 0. The minimum Gasteiger partial charge on any atom is -0.481 e. The Kier molecular flexibility index (Phi) is 3.96. The molecule has 0 aliphatic heterocycles. The minimum absolute atomic E-state index is 0.306. The molecule has 0 fully saturated rings. The molecule has 0 saturated heterocycles. The molecule has 0 atom stereocenters. The summed E-state index contributed by atoms with van der Waals surface area (Å²) in [6, 6.07) is 0. The van der Waals surface area contributed by atoms with E-state index < -0.39 is 24.2 Å². The number of ether oxygens (including phenoxy) is 1. The van der Waals surface area contributed by atoms with Crippen LogP contribution in [0, 0.1) is 0 Å². The number of hydrogen-bond acceptors (Lipinski definition) is 3. The van der Waals surface area contributed by atoms with Crippen LogP contribution in [0.3, 0.4) is 0 Å². The van der Waals surface area contributed by atoms with Gasteiger partial charge in [-0.2, -0.15) is 0 Å². The summed E-state index contributed by atoms with van der Waals surface area (Å²) in [5.74, 6) is -3.15. The highest BCUT2D eigenvalue weighted by molar-refractivity contribution is 5.89. The standard InChI is InChI=1S/C7H9FO4/c1-4(7(11)12-2)5(8)3-6(9)10/h3H2,1-2H3,(H,9,10). The van der Waals surface area contributed by atoms with E-state index >= 15 is 0 Å². The van der Waals surface area contributed by atoms with E-state index in [1.165, 1.54) is 6.92 Å². The number of methoxy groups -OCH3 is 1. The molecule has 0 unspecified atom stereocenters. The van der Waals surface area contributed by atoms with Gasteiger partial charge in [0.2, 0.25) is 0 Å². The normalized spacial score (nSPS) is 11.9. The van der Waals surface area contributed by atoms with Gasteiger partial charge in [0, 0.05) is 0 Å². The molecule has 12 heavy (non-hydrogen) atoms. The Morgan fingerprint density at radius 1 is 1.50 bits per heavy atom. The fourth-order valence-corrected chi connectivity index (χ4v) is 0.529. The van der Waals surface area contributed by atoms with Gasteiger partial charge in [-0.15, -0.1) is 0 Å². The fourth-order valence-electron chi connectivity index (χ4n) is 0.529. The summed E-state index contributed by atoms with van der Waals surface area (Å²) in [6.45, 7) is 1.17. The van der Waals surface area contributed by atoms with Crippen molar-refractivity contribution < 1.29 is 23.8 Å². The van der Waals surface area contributed by atoms with Crippen LogP contribution >= 0.6 is 0 Å². The number of hydrogen-bond donors (Lipinski definition) is 1. The van der Waals surface area contributed by atoms with Crippen molar-refractivity contribution in [2.45, 2.75) is 13.3 Å². The third-order valence-corrected chi connectivity index (χ3v) is 1.20. The molecule has 0 heterocycles. The molecule has 68 valence electrons. The van der Waals surface area contributed by atoms with Gasteiger partial charge in [-0.1, -0.05) is 0 Å². The fraction of sp³-hybridized carbons (Fsp3) is 0.429. The summed E-state index contributed by atoms with van der Waals surface area (Å²) in [5, 5.41) is 8.16. The van der Waals surface area contributed by atoms with Crippen LogP contribution < -0.4 is 0 Å². The second-order valence-corrected chi connectivity index (χ2v) is 2.09. The van der Waals surface area contributed by atoms with Crippen molar-refractivity contribution in [1.82, 2.24) is 0 Å². The van der Waals surface area contributed by atoms with Gasteiger partial charge in [0.1, 0.15) is 5.83 Å². The second-order valence-electron chi connectivity index (χ2n) is 2.09. The number of halogens is 1. The van der Waals surface area contributed by atoms with Gasteiger partial charge in [0.05, 0.1) is 19.1 Å². The molecule has 0 aromatic rings. The largest absolute Gasteiger partial charge is 0.481 e. The molecule has 0 aromatic heterocycles. The zero-order valence-corrected chi connectivity index (χ0v) is 6.76. The monoisotopic (exact) mass is 176 g/mol. The van der Waals surface area contributed by atoms with Gasteiger partial charge in [-0.3, -0.25) is 4.79 Å². The summed E-state index contributed by atoms with van der Waals surface area (Å²) in [4.78, 5) is 20.6. The number of rotatable bonds is 3. The Labute approximate surface area is 68.6 Å². The minimum atomic E-state index is -1.32. The van der Waals surface area contributed by atoms with Gasteiger partial charge >= 0.3 is 11.9 Å². The summed E-state index contributed by atoms with van der Waals surface area (Å²) in [5.41, 5.74) is -0.306. The zero-order chi connectivity index (χ0) is 9.72. The molecule has 0 bridgehead atoms. The van der Waals surface area contributed by atoms with Crippen LogP contribution in [0.25, 0.3) is 0 Å². The topological polar surface area (TPSA) is 63.6 Å². The molecule has 0 aromatic carbocycles. The van der Waals surface area contributed by atoms with Gasteiger partial charge in [-0.05, 0) is 6.92 Å². The Balaban J connectivity index is 4.46. The van der Waals surface area contributed by atoms with E-state index in [0.717, 1.165) is 7.11 Å². The van der Waals surface area contributed by atoms with Crippen LogP contribution in [0.1, 0.15) is 13.3 Å². The van der Waals surface area contributed by atoms with Crippen LogP contribution in [-0.2, 0) is 14.3 Å². The molecule has 0 radical (unpaired) electrons. The predicted molar refractivity (Wildman–Crippen MR) is 38.1 cm³/mol. The Morgan fingerprint density at radius 3 is 2.33 bits per heavy atom. The average Bonchev–Trinajstić information content (AvgIpc) is 2.00. The Bertz CT molecular complexity index is 232. The Hall–Kier alpha value is -1.39. The number of esters is 1. The molecular weight excluding hydrogens is 167 g/mol. The zero-order valence-electron chi connectivity index (χ0n) is 6.76. The molecule has 0 saturated carbocycles. The SMILES string of the molecule is COC(=O)C(C)=C(F)CC(=O)O. The third-order valence-electron chi connectivity index (χ3n) is 1.20. The molecule has 0 aliphatic rings. The highest BCUT2D eigenvalue weighted by Crippen LogP contribution is 2.11. The maximum atomic E-state index is 12.7. The first kappa shape index (κ1) is 10.6. The van der Waals surface area contributed by atoms with Crippen LogP contribution in [0.4, 0.5) is 4.39 Å². The van der Waals surface area contributed by atoms with Crippen LogP contribution in [0.5, 0.6) is 0 Å². The van der Waals surface area contributed by atoms with Crippen molar-refractivity contribution in [3.63, 3.8) is 0 Å². The van der Waals surface area contributed by atoms with Crippen molar-refractivity contribution in [2.75, 3.05) is 7.11 Å². The molecule has 1 N–H and O–H groups in total. The first-order valence-corrected chi connectivity index (χ1v) is 3.14. The lowest BCUT2D eigenvalue weighted by Gasteiger charge is -1.99. The van der Waals surface area contributed by atoms with Crippen molar-refractivity contribution in [1.29, 1.82) is 0 Å². The second kappa shape index (κ2) is 4.48. The van der Waals surface area contributed by atoms with Gasteiger partial charge in [-0.25, -0.2) is 9.18 Å². The van der Waals surface area contributed by atoms with Crippen LogP contribution in [-0.4, -0.2) is 24.2 Å². The predicted octanol–water partition coefficient (Wildman–Crippen LogP) is 0.878. The molecule has 0 aliphatic carbocycles. The molecular formula is C7H9FO4. The summed E-state index contributed by atoms with van der Waals surface area (Å²) in [7, 11) is 1.10. The summed E-state index contributed by atoms with van der Waals surface area (Å²) < 4.78 is 16.9. The van der Waals surface area contributed by atoms with E-state index in [9.17, 15) is 14.0 Å². The van der Waals surface area contributed by atoms with Crippen molar-refractivity contribution >= 4 is 11.9 Å². The molecule has 0 amide bonds. The van der Waals surface area contributed by atoms with Crippen molar-refractivity contribution in [3.8, 4) is 0 Å². The quantitative estimate of drug-likeness (QED) is 0.512. The van der Waals surface area contributed by atoms with Gasteiger partial charge in [0.25, 0.3) is 0 Å². The number of carbonyl (C=O) groups is 2. The number of carboxylic acid groups (broad SMARTS) is 1. The first-order chi connectivity index (χ1) is 5.49. The lowest BCUT2D eigenvalue weighted by Crippen LogP contribution is -2.05. The van der Waals surface area contributed by atoms with E-state index in [-0.39, 0.29) is 5.57 Å². The van der Waals surface area contributed by atoms with Crippen LogP contribution in [0.15, 0.2) is 11.4 Å². The smallest absolute Gasteiger partial charge is 0.336 e. The lowest BCUT2D eigenvalue weighted by atomic mass is 10.2. The number of aliphatic carboxylic acids is 1. The van der Waals surface area contributed by atoms with Crippen LogP contribution in [0.2, 0.25) is 0 Å². The van der Waals surface area contributed by atoms with Gasteiger partial charge < -0.3 is 9.84 Å². The van der Waals surface area contributed by atoms with E-state index in [1.807, 2.05) is 0 Å². The van der Waals surface area contributed by atoms with E-state index in [0.29, 0.717) is 0 Å². The van der Waals surface area contributed by atoms with E-state index in [1.54, 1.807) is 0 Å². The summed E-state index contributed by atoms with van der Waals surface area (Å²) in [6.07, 6.45) is -0.791. The van der Waals surface area contributed by atoms with E-state index in [4.69, 9.17) is 5.11 Å². The maximum absolute atomic E-state index is 12.7. The maximum Gasteiger partial charge on any atom is 0.336 e. The molecule has 0 spiro atoms. The number of carboxylic acids is 1. The average molecular weight is 176 g/mol. The lowest BCUT2D eigenvalue weighted by molar-refractivity contribution is -0.136. The highest BCUT2D eigenvalue weighted by Gasteiger charge is 2.13. The molecule has 5 heteroatoms. The first-order valence-electron chi connectivity index (χ1n) is 3.14.